The molecular weight excluding hydrogens is 204 g/mol. The van der Waals surface area contributed by atoms with E-state index in [-0.39, 0.29) is 18.0 Å². The van der Waals surface area contributed by atoms with E-state index in [1.54, 1.807) is 6.92 Å². The van der Waals surface area contributed by atoms with Crippen LogP contribution in [0, 0.1) is 5.92 Å². The van der Waals surface area contributed by atoms with E-state index >= 15 is 0 Å². The molecule has 2 unspecified atom stereocenters. The Bertz CT molecular complexity index is 195. The van der Waals surface area contributed by atoms with Crippen molar-refractivity contribution >= 4 is 5.91 Å². The summed E-state index contributed by atoms with van der Waals surface area (Å²) in [5.74, 6) is 0.450. The molecule has 0 aromatic rings. The zero-order valence-electron chi connectivity index (χ0n) is 11.2. The topological polar surface area (TPSA) is 50.4 Å². The predicted octanol–water partition coefficient (Wildman–Crippen LogP) is 1.86. The summed E-state index contributed by atoms with van der Waals surface area (Å²) < 4.78 is 0. The molecule has 1 amide bonds. The van der Waals surface area contributed by atoms with Crippen LogP contribution in [-0.4, -0.2) is 24.6 Å². The molecule has 0 fully saturated rings. The molecule has 4 nitrogen and oxygen atoms in total. The van der Waals surface area contributed by atoms with Crippen LogP contribution in [0.4, 0.5) is 0 Å². The summed E-state index contributed by atoms with van der Waals surface area (Å²) in [6.45, 7) is 10.7. The van der Waals surface area contributed by atoms with Crippen molar-refractivity contribution in [2.75, 3.05) is 6.61 Å². The molecule has 96 valence electrons. The standard InChI is InChI=1S/C12H26N2O2/c1-6-7-10(4)13-12(15)11(5)14-16-8-9(2)3/h9-11,14H,6-8H2,1-5H3,(H,13,15). The maximum atomic E-state index is 11.7. The summed E-state index contributed by atoms with van der Waals surface area (Å²) in [6.07, 6.45) is 2.08. The second-order valence-corrected chi connectivity index (χ2v) is 4.74. The first kappa shape index (κ1) is 15.4. The Balaban J connectivity index is 3.72. The van der Waals surface area contributed by atoms with Gasteiger partial charge in [0.05, 0.1) is 6.61 Å². The van der Waals surface area contributed by atoms with Gasteiger partial charge < -0.3 is 10.2 Å². The van der Waals surface area contributed by atoms with Crippen molar-refractivity contribution in [3.63, 3.8) is 0 Å². The van der Waals surface area contributed by atoms with Crippen LogP contribution >= 0.6 is 0 Å². The lowest BCUT2D eigenvalue weighted by atomic mass is 10.2. The molecule has 2 N–H and O–H groups in total. The first-order chi connectivity index (χ1) is 7.47. The molecule has 4 heteroatoms. The average molecular weight is 230 g/mol. The highest BCUT2D eigenvalue weighted by Crippen LogP contribution is 1.96. The van der Waals surface area contributed by atoms with Crippen LogP contribution in [0.5, 0.6) is 0 Å². The molecule has 0 spiro atoms. The Morgan fingerprint density at radius 1 is 1.25 bits per heavy atom. The number of hydroxylamine groups is 1. The fraction of sp³-hybridized carbons (Fsp3) is 0.917. The molecule has 0 rings (SSSR count). The molecule has 16 heavy (non-hydrogen) atoms. The van der Waals surface area contributed by atoms with Gasteiger partial charge in [-0.25, -0.2) is 0 Å². The van der Waals surface area contributed by atoms with Crippen LogP contribution < -0.4 is 10.8 Å². The summed E-state index contributed by atoms with van der Waals surface area (Å²) in [4.78, 5) is 16.9. The van der Waals surface area contributed by atoms with Gasteiger partial charge in [0.25, 0.3) is 0 Å². The Hall–Kier alpha value is -0.610. The van der Waals surface area contributed by atoms with Crippen molar-refractivity contribution in [2.45, 2.75) is 59.5 Å². The lowest BCUT2D eigenvalue weighted by Crippen LogP contribution is -2.45. The molecule has 0 aliphatic rings. The Kier molecular flexibility index (Phi) is 8.21. The Morgan fingerprint density at radius 2 is 1.88 bits per heavy atom. The second kappa shape index (κ2) is 8.53. The Labute approximate surface area is 99.1 Å². The van der Waals surface area contributed by atoms with E-state index in [1.807, 2.05) is 6.92 Å². The molecular formula is C12H26N2O2. The van der Waals surface area contributed by atoms with Gasteiger partial charge in [0.1, 0.15) is 6.04 Å². The van der Waals surface area contributed by atoms with E-state index in [9.17, 15) is 4.79 Å². The number of amides is 1. The predicted molar refractivity (Wildman–Crippen MR) is 65.9 cm³/mol. The minimum absolute atomic E-state index is 0.00953. The van der Waals surface area contributed by atoms with E-state index in [4.69, 9.17) is 4.84 Å². The van der Waals surface area contributed by atoms with Crippen molar-refractivity contribution in [2.24, 2.45) is 5.92 Å². The fourth-order valence-electron chi connectivity index (χ4n) is 1.27. The quantitative estimate of drug-likeness (QED) is 0.626. The van der Waals surface area contributed by atoms with Gasteiger partial charge >= 0.3 is 0 Å². The molecule has 0 aromatic heterocycles. The second-order valence-electron chi connectivity index (χ2n) is 4.74. The van der Waals surface area contributed by atoms with Crippen molar-refractivity contribution in [1.82, 2.24) is 10.8 Å². The van der Waals surface area contributed by atoms with Gasteiger partial charge in [-0.05, 0) is 26.2 Å². The fourth-order valence-corrected chi connectivity index (χ4v) is 1.27. The lowest BCUT2D eigenvalue weighted by molar-refractivity contribution is -0.127. The number of carbonyl (C=O) groups is 1. The highest BCUT2D eigenvalue weighted by molar-refractivity contribution is 5.81. The van der Waals surface area contributed by atoms with Crippen LogP contribution in [0.15, 0.2) is 0 Å². The molecule has 0 saturated heterocycles. The van der Waals surface area contributed by atoms with Crippen LogP contribution in [-0.2, 0) is 9.63 Å². The monoisotopic (exact) mass is 230 g/mol. The van der Waals surface area contributed by atoms with Crippen molar-refractivity contribution < 1.29 is 9.63 Å². The van der Waals surface area contributed by atoms with Crippen LogP contribution in [0.2, 0.25) is 0 Å². The first-order valence-corrected chi connectivity index (χ1v) is 6.15. The summed E-state index contributed by atoms with van der Waals surface area (Å²) in [5, 5.41) is 2.94. The first-order valence-electron chi connectivity index (χ1n) is 6.15. The summed E-state index contributed by atoms with van der Waals surface area (Å²) >= 11 is 0. The van der Waals surface area contributed by atoms with Gasteiger partial charge in [-0.2, -0.15) is 5.48 Å². The molecule has 0 aliphatic carbocycles. The van der Waals surface area contributed by atoms with Crippen LogP contribution in [0.3, 0.4) is 0 Å². The molecule has 2 atom stereocenters. The minimum atomic E-state index is -0.307. The summed E-state index contributed by atoms with van der Waals surface area (Å²) in [7, 11) is 0. The number of hydrogen-bond donors (Lipinski definition) is 2. The van der Waals surface area contributed by atoms with Gasteiger partial charge in [-0.1, -0.05) is 27.2 Å². The number of rotatable bonds is 8. The minimum Gasteiger partial charge on any atom is -0.352 e. The lowest BCUT2D eigenvalue weighted by Gasteiger charge is -2.18. The maximum absolute atomic E-state index is 11.7. The highest BCUT2D eigenvalue weighted by Gasteiger charge is 2.14. The van der Waals surface area contributed by atoms with Gasteiger partial charge in [0, 0.05) is 6.04 Å². The number of hydrogen-bond acceptors (Lipinski definition) is 3. The molecule has 0 aliphatic heterocycles. The number of nitrogens with one attached hydrogen (secondary N) is 2. The number of carbonyl (C=O) groups excluding carboxylic acids is 1. The zero-order chi connectivity index (χ0) is 12.6. The third-order valence-electron chi connectivity index (χ3n) is 2.18. The van der Waals surface area contributed by atoms with Crippen LogP contribution in [0.1, 0.15) is 47.5 Å². The van der Waals surface area contributed by atoms with E-state index < -0.39 is 0 Å². The van der Waals surface area contributed by atoms with Gasteiger partial charge in [-0.15, -0.1) is 0 Å². The normalized spacial score (nSPS) is 14.9. The van der Waals surface area contributed by atoms with Gasteiger partial charge in [0.15, 0.2) is 0 Å². The SMILES string of the molecule is CCCC(C)NC(=O)C(C)NOCC(C)C. The average Bonchev–Trinajstić information content (AvgIpc) is 2.17. The molecule has 0 radical (unpaired) electrons. The zero-order valence-corrected chi connectivity index (χ0v) is 11.2. The summed E-state index contributed by atoms with van der Waals surface area (Å²) in [5.41, 5.74) is 2.75. The van der Waals surface area contributed by atoms with Crippen LogP contribution in [0.25, 0.3) is 0 Å². The molecule has 0 heterocycles. The van der Waals surface area contributed by atoms with Crippen molar-refractivity contribution in [3.05, 3.63) is 0 Å². The third kappa shape index (κ3) is 7.65. The smallest absolute Gasteiger partial charge is 0.239 e. The van der Waals surface area contributed by atoms with E-state index in [1.165, 1.54) is 0 Å². The Morgan fingerprint density at radius 3 is 2.38 bits per heavy atom. The van der Waals surface area contributed by atoms with Gasteiger partial charge in [-0.3, -0.25) is 4.79 Å². The van der Waals surface area contributed by atoms with Crippen molar-refractivity contribution in [3.8, 4) is 0 Å². The highest BCUT2D eigenvalue weighted by atomic mass is 16.6. The largest absolute Gasteiger partial charge is 0.352 e. The van der Waals surface area contributed by atoms with E-state index in [0.29, 0.717) is 12.5 Å². The molecule has 0 bridgehead atoms. The third-order valence-corrected chi connectivity index (χ3v) is 2.18. The summed E-state index contributed by atoms with van der Waals surface area (Å²) in [6, 6.07) is -0.0788. The van der Waals surface area contributed by atoms with Gasteiger partial charge in [0.2, 0.25) is 5.91 Å². The maximum Gasteiger partial charge on any atom is 0.239 e. The van der Waals surface area contributed by atoms with E-state index in [0.717, 1.165) is 12.8 Å². The molecule has 0 aromatic carbocycles. The molecule has 0 saturated carbocycles. The van der Waals surface area contributed by atoms with Crippen molar-refractivity contribution in [1.29, 1.82) is 0 Å². The van der Waals surface area contributed by atoms with E-state index in [2.05, 4.69) is 31.6 Å².